The van der Waals surface area contributed by atoms with E-state index in [1.165, 1.54) is 18.2 Å². The van der Waals surface area contributed by atoms with E-state index in [0.717, 1.165) is 36.8 Å². The van der Waals surface area contributed by atoms with Gasteiger partial charge in [-0.15, -0.1) is 12.4 Å². The van der Waals surface area contributed by atoms with Crippen LogP contribution in [0.25, 0.3) is 11.3 Å². The Labute approximate surface area is 197 Å². The quantitative estimate of drug-likeness (QED) is 0.559. The van der Waals surface area contributed by atoms with Gasteiger partial charge in [-0.2, -0.15) is 5.10 Å². The molecule has 8 heteroatoms. The van der Waals surface area contributed by atoms with Gasteiger partial charge in [0.2, 0.25) is 0 Å². The molecule has 0 spiro atoms. The Morgan fingerprint density at radius 3 is 2.41 bits per heavy atom. The molecule has 1 fully saturated rings. The molecule has 1 aliphatic rings. The minimum absolute atomic E-state index is 0. The third-order valence-electron chi connectivity index (χ3n) is 6.34. The van der Waals surface area contributed by atoms with Crippen LogP contribution in [-0.4, -0.2) is 27.4 Å². The topological polar surface area (TPSA) is 98.2 Å². The average molecular weight is 474 g/mol. The molecular weight excluding hydrogens is 449 g/mol. The Morgan fingerprint density at radius 2 is 1.81 bits per heavy atom. The monoisotopic (exact) mass is 473 g/mol. The number of halogens is 2. The fraction of sp³-hybridized carbons (Fsp3) is 0.292. The number of hydrogen-bond acceptors (Lipinski definition) is 4. The summed E-state index contributed by atoms with van der Waals surface area (Å²) in [4.78, 5) is 23.6. The van der Waals surface area contributed by atoms with Crippen molar-refractivity contribution in [3.8, 4) is 11.3 Å². The molecule has 1 aromatic heterocycles. The standard InChI is InChI=1S/C24H24ClN3O3.ClH/c25-19-3-1-2-18(14-19)24(15-26)12-10-20(11-13-24)28-22(29)9-8-21(27-28)16-4-6-17(7-5-16)23(30)31;/h1-9,14,20H,10-13,15,26H2,(H,30,31);1H/t20-,24-;. The Hall–Kier alpha value is -2.67. The predicted molar refractivity (Wildman–Crippen MR) is 128 cm³/mol. The summed E-state index contributed by atoms with van der Waals surface area (Å²) in [6.45, 7) is 0.526. The van der Waals surface area contributed by atoms with Crippen molar-refractivity contribution in [1.82, 2.24) is 9.78 Å². The molecule has 0 amide bonds. The third-order valence-corrected chi connectivity index (χ3v) is 6.57. The van der Waals surface area contributed by atoms with Gasteiger partial charge in [-0.1, -0.05) is 35.9 Å². The molecule has 4 rings (SSSR count). The van der Waals surface area contributed by atoms with Crippen molar-refractivity contribution < 1.29 is 9.90 Å². The fourth-order valence-electron chi connectivity index (χ4n) is 4.45. The molecule has 3 N–H and O–H groups in total. The van der Waals surface area contributed by atoms with E-state index in [9.17, 15) is 9.59 Å². The number of benzene rings is 2. The Morgan fingerprint density at radius 1 is 1.12 bits per heavy atom. The molecule has 1 saturated carbocycles. The molecule has 3 aromatic rings. The zero-order valence-corrected chi connectivity index (χ0v) is 19.0. The highest BCUT2D eigenvalue weighted by Crippen LogP contribution is 2.42. The molecule has 1 heterocycles. The number of carboxylic acids is 1. The van der Waals surface area contributed by atoms with E-state index in [4.69, 9.17) is 22.4 Å². The largest absolute Gasteiger partial charge is 0.478 e. The number of hydrogen-bond donors (Lipinski definition) is 2. The van der Waals surface area contributed by atoms with Gasteiger partial charge in [-0.05, 0) is 61.6 Å². The second kappa shape index (κ2) is 9.86. The maximum Gasteiger partial charge on any atom is 0.335 e. The predicted octanol–water partition coefficient (Wildman–Crippen LogP) is 4.70. The van der Waals surface area contributed by atoms with Gasteiger partial charge < -0.3 is 10.8 Å². The summed E-state index contributed by atoms with van der Waals surface area (Å²) in [5.74, 6) is -0.977. The minimum Gasteiger partial charge on any atom is -0.478 e. The van der Waals surface area contributed by atoms with Crippen LogP contribution < -0.4 is 11.3 Å². The van der Waals surface area contributed by atoms with E-state index in [-0.39, 0.29) is 35.0 Å². The molecule has 2 aromatic carbocycles. The molecule has 0 atom stereocenters. The summed E-state index contributed by atoms with van der Waals surface area (Å²) in [5, 5.41) is 14.4. The molecule has 6 nitrogen and oxygen atoms in total. The first-order valence-electron chi connectivity index (χ1n) is 10.3. The van der Waals surface area contributed by atoms with Gasteiger partial charge in [-0.25, -0.2) is 9.48 Å². The van der Waals surface area contributed by atoms with E-state index in [2.05, 4.69) is 11.2 Å². The van der Waals surface area contributed by atoms with Gasteiger partial charge in [-0.3, -0.25) is 4.79 Å². The molecular formula is C24H25Cl2N3O3. The van der Waals surface area contributed by atoms with Crippen molar-refractivity contribution in [2.75, 3.05) is 6.54 Å². The summed E-state index contributed by atoms with van der Waals surface area (Å²) in [5.41, 5.74) is 8.68. The van der Waals surface area contributed by atoms with Gasteiger partial charge in [0.05, 0.1) is 17.3 Å². The maximum atomic E-state index is 12.6. The van der Waals surface area contributed by atoms with Crippen LogP contribution in [0.1, 0.15) is 47.6 Å². The van der Waals surface area contributed by atoms with E-state index >= 15 is 0 Å². The normalized spacial score (nSPS) is 20.4. The summed E-state index contributed by atoms with van der Waals surface area (Å²) in [6.07, 6.45) is 3.27. The van der Waals surface area contributed by atoms with Crippen molar-refractivity contribution in [3.63, 3.8) is 0 Å². The zero-order chi connectivity index (χ0) is 22.0. The van der Waals surface area contributed by atoms with Gasteiger partial charge in [0, 0.05) is 28.6 Å². The second-order valence-electron chi connectivity index (χ2n) is 8.11. The average Bonchev–Trinajstić information content (AvgIpc) is 2.79. The lowest BCUT2D eigenvalue weighted by atomic mass is 9.68. The SMILES string of the molecule is Cl.NC[C@]1(c2cccc(Cl)c2)CC[C@H](n2nc(-c3ccc(C(=O)O)cc3)ccc2=O)CC1. The Bertz CT molecular complexity index is 1150. The van der Waals surface area contributed by atoms with Gasteiger partial charge >= 0.3 is 5.97 Å². The van der Waals surface area contributed by atoms with Crippen molar-refractivity contribution in [2.45, 2.75) is 37.1 Å². The lowest BCUT2D eigenvalue weighted by molar-refractivity contribution is 0.0697. The first-order valence-corrected chi connectivity index (χ1v) is 10.7. The van der Waals surface area contributed by atoms with Crippen LogP contribution >= 0.6 is 24.0 Å². The van der Waals surface area contributed by atoms with E-state index in [0.29, 0.717) is 17.3 Å². The number of carboxylic acid groups (broad SMARTS) is 1. The molecule has 1 aliphatic carbocycles. The van der Waals surface area contributed by atoms with E-state index in [1.54, 1.807) is 22.9 Å². The number of aromatic carboxylic acids is 1. The van der Waals surface area contributed by atoms with Crippen LogP contribution in [0.3, 0.4) is 0 Å². The number of nitrogens with zero attached hydrogens (tertiary/aromatic N) is 2. The molecule has 0 unspecified atom stereocenters. The summed E-state index contributed by atoms with van der Waals surface area (Å²) in [7, 11) is 0. The van der Waals surface area contributed by atoms with Crippen LogP contribution in [0, 0.1) is 0 Å². The number of rotatable bonds is 5. The lowest BCUT2D eigenvalue weighted by Gasteiger charge is -2.40. The van der Waals surface area contributed by atoms with Crippen molar-refractivity contribution in [2.24, 2.45) is 5.73 Å². The Kier molecular flexibility index (Phi) is 7.39. The van der Waals surface area contributed by atoms with Crippen LogP contribution in [-0.2, 0) is 5.41 Å². The third kappa shape index (κ3) is 4.72. The Balaban J connectivity index is 0.00000289. The highest BCUT2D eigenvalue weighted by molar-refractivity contribution is 6.30. The van der Waals surface area contributed by atoms with E-state index < -0.39 is 5.97 Å². The molecule has 0 bridgehead atoms. The number of aromatic nitrogens is 2. The number of carbonyl (C=O) groups is 1. The highest BCUT2D eigenvalue weighted by Gasteiger charge is 2.37. The summed E-state index contributed by atoms with van der Waals surface area (Å²) in [6, 6.07) is 17.6. The molecule has 168 valence electrons. The molecule has 0 saturated heterocycles. The highest BCUT2D eigenvalue weighted by atomic mass is 35.5. The van der Waals surface area contributed by atoms with Crippen LogP contribution in [0.5, 0.6) is 0 Å². The van der Waals surface area contributed by atoms with Gasteiger partial charge in [0.15, 0.2) is 0 Å². The summed E-state index contributed by atoms with van der Waals surface area (Å²) < 4.78 is 1.57. The van der Waals surface area contributed by atoms with Crippen LogP contribution in [0.4, 0.5) is 0 Å². The number of nitrogens with two attached hydrogens (primary N) is 1. The van der Waals surface area contributed by atoms with Crippen molar-refractivity contribution >= 4 is 30.0 Å². The van der Waals surface area contributed by atoms with Crippen LogP contribution in [0.2, 0.25) is 5.02 Å². The van der Waals surface area contributed by atoms with E-state index in [1.807, 2.05) is 18.2 Å². The first-order chi connectivity index (χ1) is 14.9. The molecule has 0 radical (unpaired) electrons. The van der Waals surface area contributed by atoms with Crippen molar-refractivity contribution in [1.29, 1.82) is 0 Å². The second-order valence-corrected chi connectivity index (χ2v) is 8.55. The maximum absolute atomic E-state index is 12.6. The molecule has 32 heavy (non-hydrogen) atoms. The summed E-state index contributed by atoms with van der Waals surface area (Å²) >= 11 is 6.20. The van der Waals surface area contributed by atoms with Gasteiger partial charge in [0.25, 0.3) is 5.56 Å². The lowest BCUT2D eigenvalue weighted by Crippen LogP contribution is -2.41. The smallest absolute Gasteiger partial charge is 0.335 e. The van der Waals surface area contributed by atoms with Crippen molar-refractivity contribution in [3.05, 3.63) is 87.2 Å². The molecule has 0 aliphatic heterocycles. The fourth-order valence-corrected chi connectivity index (χ4v) is 4.64. The first kappa shape index (κ1) is 24.0. The van der Waals surface area contributed by atoms with Gasteiger partial charge in [0.1, 0.15) is 0 Å². The minimum atomic E-state index is -0.977. The zero-order valence-electron chi connectivity index (χ0n) is 17.4. The van der Waals surface area contributed by atoms with Crippen LogP contribution in [0.15, 0.2) is 65.5 Å².